The first kappa shape index (κ1) is 18.5. The molecular weight excluding hydrogens is 374 g/mol. The van der Waals surface area contributed by atoms with Crippen molar-refractivity contribution in [3.8, 4) is 11.5 Å². The van der Waals surface area contributed by atoms with Crippen LogP contribution in [0, 0.1) is 0 Å². The zero-order valence-electron chi connectivity index (χ0n) is 15.2. The standard InChI is InChI=1S/C21H17N3O5/c25-9-8-24-20(28)15-3-1-2-14-17(7-6-16(19(14)15)21(24)29)23-22-11-12-4-5-13(26)10-18(12)27/h1-7,10-11,23,25-27H,8-9H2/b22-11+. The van der Waals surface area contributed by atoms with Gasteiger partial charge in [0.15, 0.2) is 0 Å². The number of hydrazone groups is 1. The first-order chi connectivity index (χ1) is 14.0. The van der Waals surface area contributed by atoms with E-state index in [2.05, 4.69) is 10.5 Å². The van der Waals surface area contributed by atoms with Crippen molar-refractivity contribution in [3.63, 3.8) is 0 Å². The summed E-state index contributed by atoms with van der Waals surface area (Å²) in [6.45, 7) is -0.366. The van der Waals surface area contributed by atoms with E-state index in [0.29, 0.717) is 33.2 Å². The average molecular weight is 391 g/mol. The molecule has 0 radical (unpaired) electrons. The summed E-state index contributed by atoms with van der Waals surface area (Å²) < 4.78 is 0. The van der Waals surface area contributed by atoms with E-state index < -0.39 is 11.8 Å². The summed E-state index contributed by atoms with van der Waals surface area (Å²) in [5, 5.41) is 33.6. The molecule has 3 aromatic rings. The number of phenolic OH excluding ortho intramolecular Hbond substituents is 2. The molecule has 0 spiro atoms. The third kappa shape index (κ3) is 3.15. The number of nitrogens with one attached hydrogen (secondary N) is 1. The number of amides is 2. The number of aliphatic hydroxyl groups is 1. The highest BCUT2D eigenvalue weighted by Crippen LogP contribution is 2.34. The molecule has 0 atom stereocenters. The van der Waals surface area contributed by atoms with Gasteiger partial charge in [-0.1, -0.05) is 12.1 Å². The van der Waals surface area contributed by atoms with Gasteiger partial charge in [0.1, 0.15) is 11.5 Å². The summed E-state index contributed by atoms with van der Waals surface area (Å²) >= 11 is 0. The Morgan fingerprint density at radius 3 is 2.48 bits per heavy atom. The largest absolute Gasteiger partial charge is 0.508 e. The smallest absolute Gasteiger partial charge is 0.261 e. The third-order valence-electron chi connectivity index (χ3n) is 4.72. The van der Waals surface area contributed by atoms with E-state index in [1.54, 1.807) is 30.3 Å². The normalized spacial score (nSPS) is 13.5. The van der Waals surface area contributed by atoms with Gasteiger partial charge >= 0.3 is 0 Å². The Kier molecular flexibility index (Phi) is 4.61. The molecule has 1 aliphatic rings. The van der Waals surface area contributed by atoms with Gasteiger partial charge in [-0.3, -0.25) is 19.9 Å². The summed E-state index contributed by atoms with van der Waals surface area (Å²) in [5.74, 6) is -1.07. The highest BCUT2D eigenvalue weighted by molar-refractivity contribution is 6.26. The Morgan fingerprint density at radius 2 is 1.76 bits per heavy atom. The number of phenols is 2. The van der Waals surface area contributed by atoms with Gasteiger partial charge < -0.3 is 15.3 Å². The summed E-state index contributed by atoms with van der Waals surface area (Å²) in [7, 11) is 0. The lowest BCUT2D eigenvalue weighted by atomic mass is 9.93. The second-order valence-electron chi connectivity index (χ2n) is 6.49. The van der Waals surface area contributed by atoms with Crippen molar-refractivity contribution in [1.82, 2.24) is 4.90 Å². The molecule has 1 heterocycles. The maximum Gasteiger partial charge on any atom is 0.261 e. The molecule has 4 rings (SSSR count). The molecule has 2 amide bonds. The zero-order chi connectivity index (χ0) is 20.5. The Hall–Kier alpha value is -3.91. The number of hydrogen-bond donors (Lipinski definition) is 4. The number of rotatable bonds is 5. The van der Waals surface area contributed by atoms with Gasteiger partial charge in [-0.2, -0.15) is 5.10 Å². The molecule has 0 saturated carbocycles. The molecule has 0 aliphatic carbocycles. The molecule has 0 aromatic heterocycles. The number of anilines is 1. The summed E-state index contributed by atoms with van der Waals surface area (Å²) in [4.78, 5) is 26.4. The minimum atomic E-state index is -0.447. The molecular formula is C21H17N3O5. The molecule has 0 fully saturated rings. The fourth-order valence-corrected chi connectivity index (χ4v) is 3.36. The van der Waals surface area contributed by atoms with E-state index in [0.717, 1.165) is 4.90 Å². The predicted octanol–water partition coefficient (Wildman–Crippen LogP) is 2.29. The molecule has 8 heteroatoms. The molecule has 29 heavy (non-hydrogen) atoms. The Morgan fingerprint density at radius 1 is 1.00 bits per heavy atom. The van der Waals surface area contributed by atoms with Crippen molar-refractivity contribution < 1.29 is 24.9 Å². The second-order valence-corrected chi connectivity index (χ2v) is 6.49. The van der Waals surface area contributed by atoms with Crippen LogP contribution in [0.2, 0.25) is 0 Å². The van der Waals surface area contributed by atoms with Crippen LogP contribution in [0.5, 0.6) is 11.5 Å². The summed E-state index contributed by atoms with van der Waals surface area (Å²) in [5.41, 5.74) is 4.62. The van der Waals surface area contributed by atoms with Gasteiger partial charge in [0.05, 0.1) is 25.1 Å². The van der Waals surface area contributed by atoms with Gasteiger partial charge in [0.25, 0.3) is 11.8 Å². The van der Waals surface area contributed by atoms with Crippen LogP contribution in [0.3, 0.4) is 0 Å². The number of aromatic hydroxyl groups is 2. The summed E-state index contributed by atoms with van der Waals surface area (Å²) in [6, 6.07) is 12.6. The van der Waals surface area contributed by atoms with Crippen LogP contribution in [-0.4, -0.2) is 51.4 Å². The maximum absolute atomic E-state index is 12.7. The maximum atomic E-state index is 12.7. The van der Waals surface area contributed by atoms with Crippen LogP contribution in [0.15, 0.2) is 53.6 Å². The first-order valence-electron chi connectivity index (χ1n) is 8.85. The van der Waals surface area contributed by atoms with Gasteiger partial charge in [-0.15, -0.1) is 0 Å². The fraction of sp³-hybridized carbons (Fsp3) is 0.0952. The molecule has 0 bridgehead atoms. The molecule has 4 N–H and O–H groups in total. The second kappa shape index (κ2) is 7.25. The summed E-state index contributed by atoms with van der Waals surface area (Å²) in [6.07, 6.45) is 1.39. The van der Waals surface area contributed by atoms with E-state index >= 15 is 0 Å². The zero-order valence-corrected chi connectivity index (χ0v) is 15.2. The van der Waals surface area contributed by atoms with Crippen LogP contribution in [0.25, 0.3) is 10.8 Å². The van der Waals surface area contributed by atoms with Crippen molar-refractivity contribution in [2.24, 2.45) is 5.10 Å². The van der Waals surface area contributed by atoms with Crippen LogP contribution in [0.1, 0.15) is 26.3 Å². The molecule has 1 aliphatic heterocycles. The lowest BCUT2D eigenvalue weighted by molar-refractivity contribution is 0.0580. The van der Waals surface area contributed by atoms with Crippen molar-refractivity contribution in [2.45, 2.75) is 0 Å². The third-order valence-corrected chi connectivity index (χ3v) is 4.72. The number of β-amino-alcohol motifs (C(OH)–C–C–N with tert-alkyl or cyclic N) is 1. The van der Waals surface area contributed by atoms with E-state index in [1.807, 2.05) is 0 Å². The molecule has 0 unspecified atom stereocenters. The quantitative estimate of drug-likeness (QED) is 0.301. The van der Waals surface area contributed by atoms with E-state index in [9.17, 15) is 19.8 Å². The Labute approximate surface area is 165 Å². The minimum Gasteiger partial charge on any atom is -0.508 e. The first-order valence-corrected chi connectivity index (χ1v) is 8.85. The molecule has 0 saturated heterocycles. The number of benzene rings is 3. The van der Waals surface area contributed by atoms with Crippen LogP contribution in [0.4, 0.5) is 5.69 Å². The highest BCUT2D eigenvalue weighted by Gasteiger charge is 2.32. The number of hydrogen-bond acceptors (Lipinski definition) is 7. The Balaban J connectivity index is 1.72. The molecule has 3 aromatic carbocycles. The highest BCUT2D eigenvalue weighted by atomic mass is 16.3. The molecule has 8 nitrogen and oxygen atoms in total. The Bertz CT molecular complexity index is 1150. The topological polar surface area (TPSA) is 122 Å². The van der Waals surface area contributed by atoms with Crippen molar-refractivity contribution in [2.75, 3.05) is 18.6 Å². The fourth-order valence-electron chi connectivity index (χ4n) is 3.36. The minimum absolute atomic E-state index is 0.0549. The van der Waals surface area contributed by atoms with Crippen molar-refractivity contribution in [1.29, 1.82) is 0 Å². The number of carbonyl (C=O) groups is 2. The number of aliphatic hydroxyl groups excluding tert-OH is 1. The van der Waals surface area contributed by atoms with Crippen LogP contribution >= 0.6 is 0 Å². The molecule has 146 valence electrons. The number of imide groups is 1. The van der Waals surface area contributed by atoms with Gasteiger partial charge in [0.2, 0.25) is 0 Å². The lowest BCUT2D eigenvalue weighted by Crippen LogP contribution is -2.41. The van der Waals surface area contributed by atoms with Crippen LogP contribution < -0.4 is 5.43 Å². The lowest BCUT2D eigenvalue weighted by Gasteiger charge is -2.27. The number of nitrogens with zero attached hydrogens (tertiary/aromatic N) is 2. The van der Waals surface area contributed by atoms with Crippen molar-refractivity contribution in [3.05, 3.63) is 65.2 Å². The van der Waals surface area contributed by atoms with Gasteiger partial charge in [-0.05, 0) is 30.3 Å². The van der Waals surface area contributed by atoms with E-state index in [1.165, 1.54) is 24.4 Å². The van der Waals surface area contributed by atoms with E-state index in [4.69, 9.17) is 5.11 Å². The predicted molar refractivity (Wildman–Crippen MR) is 107 cm³/mol. The number of carbonyl (C=O) groups excluding carboxylic acids is 2. The average Bonchev–Trinajstić information content (AvgIpc) is 2.71. The van der Waals surface area contributed by atoms with Gasteiger partial charge in [0, 0.05) is 33.5 Å². The van der Waals surface area contributed by atoms with Crippen LogP contribution in [-0.2, 0) is 0 Å². The SMILES string of the molecule is O=C1c2cccc3c(N/N=C/c4ccc(O)cc4O)ccc(c23)C(=O)N1CCO. The van der Waals surface area contributed by atoms with Gasteiger partial charge in [-0.25, -0.2) is 0 Å². The van der Waals surface area contributed by atoms with Crippen molar-refractivity contribution >= 4 is 34.5 Å². The van der Waals surface area contributed by atoms with E-state index in [-0.39, 0.29) is 24.7 Å². The monoisotopic (exact) mass is 391 g/mol.